The van der Waals surface area contributed by atoms with Crippen molar-refractivity contribution in [3.63, 3.8) is 0 Å². The van der Waals surface area contributed by atoms with Gasteiger partial charge in [-0.3, -0.25) is 14.5 Å². The Morgan fingerprint density at radius 3 is 2.68 bits per heavy atom. The number of hydrogen-bond donors (Lipinski definition) is 1. The van der Waals surface area contributed by atoms with Crippen LogP contribution in [0.5, 0.6) is 0 Å². The molecule has 0 aliphatic carbocycles. The lowest BCUT2D eigenvalue weighted by atomic mass is 10.3. The zero-order chi connectivity index (χ0) is 14.0. The van der Waals surface area contributed by atoms with Gasteiger partial charge in [-0.05, 0) is 13.8 Å². The zero-order valence-corrected chi connectivity index (χ0v) is 11.9. The molecule has 1 aliphatic rings. The quantitative estimate of drug-likeness (QED) is 0.870. The number of carbonyl (C=O) groups excluding carboxylic acids is 1. The third-order valence-corrected chi connectivity index (χ3v) is 4.21. The van der Waals surface area contributed by atoms with Crippen molar-refractivity contribution in [3.05, 3.63) is 15.6 Å². The fourth-order valence-corrected chi connectivity index (χ4v) is 3.00. The fourth-order valence-electron chi connectivity index (χ4n) is 2.02. The largest absolute Gasteiger partial charge is 0.480 e. The minimum atomic E-state index is -0.965. The number of nitrogens with zero attached hydrogens (tertiary/aromatic N) is 3. The monoisotopic (exact) mass is 283 g/mol. The van der Waals surface area contributed by atoms with Crippen molar-refractivity contribution >= 4 is 23.2 Å². The average molecular weight is 283 g/mol. The van der Waals surface area contributed by atoms with E-state index in [1.807, 2.05) is 18.7 Å². The van der Waals surface area contributed by atoms with Crippen LogP contribution in [0.4, 0.5) is 0 Å². The third-order valence-electron chi connectivity index (χ3n) is 3.16. The summed E-state index contributed by atoms with van der Waals surface area (Å²) in [6.07, 6.45) is 0. The van der Waals surface area contributed by atoms with E-state index in [0.29, 0.717) is 19.6 Å². The maximum Gasteiger partial charge on any atom is 0.323 e. The molecule has 0 radical (unpaired) electrons. The number of aryl methyl sites for hydroxylation is 2. The van der Waals surface area contributed by atoms with Gasteiger partial charge in [0, 0.05) is 18.0 Å². The van der Waals surface area contributed by atoms with Crippen LogP contribution >= 0.6 is 11.3 Å². The number of rotatable bonds is 4. The third kappa shape index (κ3) is 3.51. The van der Waals surface area contributed by atoms with E-state index in [1.165, 1.54) is 9.78 Å². The molecule has 7 heteroatoms. The lowest BCUT2D eigenvalue weighted by Crippen LogP contribution is -2.51. The summed E-state index contributed by atoms with van der Waals surface area (Å²) in [6, 6.07) is 0. The van der Waals surface area contributed by atoms with Crippen LogP contribution in [0, 0.1) is 13.8 Å². The summed E-state index contributed by atoms with van der Waals surface area (Å²) in [5, 5.41) is 9.71. The molecule has 1 aromatic heterocycles. The summed E-state index contributed by atoms with van der Waals surface area (Å²) in [5.74, 6) is -1.09. The molecule has 0 spiro atoms. The van der Waals surface area contributed by atoms with Crippen LogP contribution in [0.1, 0.15) is 15.6 Å². The van der Waals surface area contributed by atoms with E-state index in [4.69, 9.17) is 5.11 Å². The van der Waals surface area contributed by atoms with E-state index in [-0.39, 0.29) is 19.0 Å². The molecule has 0 aromatic carbocycles. The van der Waals surface area contributed by atoms with Crippen molar-refractivity contribution in [1.29, 1.82) is 0 Å². The van der Waals surface area contributed by atoms with Gasteiger partial charge in [-0.2, -0.15) is 0 Å². The van der Waals surface area contributed by atoms with Crippen LogP contribution in [0.15, 0.2) is 0 Å². The molecule has 1 N–H and O–H groups in total. The van der Waals surface area contributed by atoms with E-state index in [1.54, 1.807) is 11.3 Å². The second kappa shape index (κ2) is 5.66. The summed E-state index contributed by atoms with van der Waals surface area (Å²) in [4.78, 5) is 31.5. The number of piperazine rings is 1. The van der Waals surface area contributed by atoms with Gasteiger partial charge in [-0.1, -0.05) is 0 Å². The first-order valence-corrected chi connectivity index (χ1v) is 6.92. The van der Waals surface area contributed by atoms with Crippen molar-refractivity contribution in [2.45, 2.75) is 20.4 Å². The van der Waals surface area contributed by atoms with Gasteiger partial charge in [0.15, 0.2) is 0 Å². The molecular formula is C12H17N3O3S. The fraction of sp³-hybridized carbons (Fsp3) is 0.583. The van der Waals surface area contributed by atoms with Gasteiger partial charge in [0.1, 0.15) is 11.6 Å². The Kier molecular flexibility index (Phi) is 4.16. The molecule has 19 heavy (non-hydrogen) atoms. The number of amides is 1. The zero-order valence-electron chi connectivity index (χ0n) is 11.0. The first-order chi connectivity index (χ1) is 8.95. The molecular weight excluding hydrogens is 266 g/mol. The highest BCUT2D eigenvalue weighted by Gasteiger charge is 2.25. The molecule has 0 saturated carbocycles. The summed E-state index contributed by atoms with van der Waals surface area (Å²) < 4.78 is 0. The molecule has 0 bridgehead atoms. The Hall–Kier alpha value is -1.47. The van der Waals surface area contributed by atoms with E-state index in [2.05, 4.69) is 4.98 Å². The molecule has 1 saturated heterocycles. The molecule has 1 fully saturated rings. The van der Waals surface area contributed by atoms with Crippen molar-refractivity contribution in [2.24, 2.45) is 0 Å². The number of thiazole rings is 1. The van der Waals surface area contributed by atoms with Crippen LogP contribution in [0.25, 0.3) is 0 Å². The predicted molar refractivity (Wildman–Crippen MR) is 71.1 cm³/mol. The second-order valence-corrected chi connectivity index (χ2v) is 5.96. The summed E-state index contributed by atoms with van der Waals surface area (Å²) in [5.41, 5.74) is 1.04. The number of carboxylic acids is 1. The molecule has 0 unspecified atom stereocenters. The Morgan fingerprint density at radius 2 is 2.16 bits per heavy atom. The lowest BCUT2D eigenvalue weighted by Gasteiger charge is -2.32. The van der Waals surface area contributed by atoms with E-state index in [9.17, 15) is 9.59 Å². The topological polar surface area (TPSA) is 73.7 Å². The number of carboxylic acid groups (broad SMARTS) is 1. The molecule has 104 valence electrons. The molecule has 0 atom stereocenters. The van der Waals surface area contributed by atoms with Gasteiger partial charge >= 0.3 is 5.97 Å². The van der Waals surface area contributed by atoms with Gasteiger partial charge in [0.25, 0.3) is 0 Å². The van der Waals surface area contributed by atoms with Gasteiger partial charge < -0.3 is 10.0 Å². The highest BCUT2D eigenvalue weighted by atomic mass is 32.1. The van der Waals surface area contributed by atoms with E-state index < -0.39 is 5.97 Å². The van der Waals surface area contributed by atoms with Crippen LogP contribution in [0.2, 0.25) is 0 Å². The summed E-state index contributed by atoms with van der Waals surface area (Å²) >= 11 is 1.65. The number of aromatic nitrogens is 1. The average Bonchev–Trinajstić information content (AvgIpc) is 2.61. The summed E-state index contributed by atoms with van der Waals surface area (Å²) in [7, 11) is 0. The Balaban J connectivity index is 1.91. The van der Waals surface area contributed by atoms with Gasteiger partial charge in [-0.15, -0.1) is 11.3 Å². The maximum atomic E-state index is 11.8. The van der Waals surface area contributed by atoms with Gasteiger partial charge in [0.05, 0.1) is 18.8 Å². The maximum absolute atomic E-state index is 11.8. The minimum absolute atomic E-state index is 0.126. The molecule has 1 aliphatic heterocycles. The molecule has 6 nitrogen and oxygen atoms in total. The highest BCUT2D eigenvalue weighted by molar-refractivity contribution is 7.11. The van der Waals surface area contributed by atoms with Gasteiger partial charge in [-0.25, -0.2) is 4.98 Å². The first-order valence-electron chi connectivity index (χ1n) is 6.10. The molecule has 2 rings (SSSR count). The van der Waals surface area contributed by atoms with Crippen molar-refractivity contribution in [2.75, 3.05) is 26.2 Å². The van der Waals surface area contributed by atoms with E-state index >= 15 is 0 Å². The summed E-state index contributed by atoms with van der Waals surface area (Å²) in [6.45, 7) is 5.89. The van der Waals surface area contributed by atoms with Crippen LogP contribution < -0.4 is 0 Å². The van der Waals surface area contributed by atoms with Gasteiger partial charge in [0.2, 0.25) is 5.91 Å². The Bertz CT molecular complexity index is 481. The second-order valence-electron chi connectivity index (χ2n) is 4.67. The van der Waals surface area contributed by atoms with E-state index in [0.717, 1.165) is 10.7 Å². The number of hydrogen-bond acceptors (Lipinski definition) is 5. The molecule has 1 amide bonds. The standard InChI is InChI=1S/C12H17N3O3S/c1-8-9(2)19-10(13-8)5-14-3-4-15(7-12(17)18)11(16)6-14/h3-7H2,1-2H3,(H,17,18). The SMILES string of the molecule is Cc1nc(CN2CCN(CC(=O)O)C(=O)C2)sc1C. The number of aliphatic carboxylic acids is 1. The highest BCUT2D eigenvalue weighted by Crippen LogP contribution is 2.18. The van der Waals surface area contributed by atoms with Crippen LogP contribution in [0.3, 0.4) is 0 Å². The van der Waals surface area contributed by atoms with Crippen LogP contribution in [-0.2, 0) is 16.1 Å². The molecule has 1 aromatic rings. The Labute approximate surface area is 115 Å². The predicted octanol–water partition coefficient (Wildman–Crippen LogP) is 0.489. The first kappa shape index (κ1) is 14.0. The lowest BCUT2D eigenvalue weighted by molar-refractivity contribution is -0.147. The number of carbonyl (C=O) groups is 2. The normalized spacial score (nSPS) is 16.9. The van der Waals surface area contributed by atoms with Crippen molar-refractivity contribution < 1.29 is 14.7 Å². The minimum Gasteiger partial charge on any atom is -0.480 e. The Morgan fingerprint density at radius 1 is 1.42 bits per heavy atom. The van der Waals surface area contributed by atoms with Crippen LogP contribution in [-0.4, -0.2) is 57.9 Å². The van der Waals surface area contributed by atoms with Crippen molar-refractivity contribution in [3.8, 4) is 0 Å². The smallest absolute Gasteiger partial charge is 0.323 e. The molecule has 2 heterocycles. The van der Waals surface area contributed by atoms with Crippen molar-refractivity contribution in [1.82, 2.24) is 14.8 Å².